The molecule has 3 heterocycles. The molecule has 22 heavy (non-hydrogen) atoms. The van der Waals surface area contributed by atoms with Gasteiger partial charge in [0, 0.05) is 18.0 Å². The lowest BCUT2D eigenvalue weighted by Gasteiger charge is -2.04. The first-order valence-corrected chi connectivity index (χ1v) is 7.33. The summed E-state index contributed by atoms with van der Waals surface area (Å²) in [7, 11) is 0. The van der Waals surface area contributed by atoms with E-state index in [1.54, 1.807) is 24.5 Å². The van der Waals surface area contributed by atoms with Gasteiger partial charge in [0.2, 0.25) is 5.13 Å². The molecule has 0 aliphatic rings. The van der Waals surface area contributed by atoms with Crippen molar-refractivity contribution in [2.24, 2.45) is 0 Å². The van der Waals surface area contributed by atoms with Crippen molar-refractivity contribution in [3.8, 4) is 10.6 Å². The molecular formula is C13H9ClN6OS. The zero-order valence-electron chi connectivity index (χ0n) is 11.0. The van der Waals surface area contributed by atoms with Gasteiger partial charge in [-0.05, 0) is 24.3 Å². The van der Waals surface area contributed by atoms with E-state index in [9.17, 15) is 4.79 Å². The highest BCUT2D eigenvalue weighted by atomic mass is 35.5. The number of amides is 2. The van der Waals surface area contributed by atoms with Crippen molar-refractivity contribution in [2.75, 3.05) is 10.6 Å². The molecule has 3 rings (SSSR count). The molecule has 9 heteroatoms. The monoisotopic (exact) mass is 332 g/mol. The number of carbonyl (C=O) groups is 1. The Morgan fingerprint density at radius 2 is 1.91 bits per heavy atom. The van der Waals surface area contributed by atoms with E-state index in [0.717, 1.165) is 5.56 Å². The molecule has 0 saturated carbocycles. The third-order valence-electron chi connectivity index (χ3n) is 2.56. The number of halogens is 1. The molecule has 2 amide bonds. The number of urea groups is 1. The van der Waals surface area contributed by atoms with Crippen molar-refractivity contribution in [3.05, 3.63) is 48.0 Å². The van der Waals surface area contributed by atoms with E-state index in [1.807, 2.05) is 12.1 Å². The van der Waals surface area contributed by atoms with Gasteiger partial charge in [-0.25, -0.2) is 9.78 Å². The maximum atomic E-state index is 11.9. The number of carbonyl (C=O) groups excluding carboxylic acids is 1. The predicted molar refractivity (Wildman–Crippen MR) is 85.0 cm³/mol. The van der Waals surface area contributed by atoms with Gasteiger partial charge in [-0.2, -0.15) is 0 Å². The molecule has 0 radical (unpaired) electrons. The second-order valence-electron chi connectivity index (χ2n) is 4.10. The average Bonchev–Trinajstić information content (AvgIpc) is 2.99. The molecule has 0 aliphatic carbocycles. The van der Waals surface area contributed by atoms with E-state index in [4.69, 9.17) is 11.6 Å². The second-order valence-corrected chi connectivity index (χ2v) is 5.46. The van der Waals surface area contributed by atoms with Crippen LogP contribution >= 0.6 is 22.9 Å². The minimum atomic E-state index is -0.429. The lowest BCUT2D eigenvalue weighted by molar-refractivity contribution is 0.262. The van der Waals surface area contributed by atoms with Gasteiger partial charge in [-0.1, -0.05) is 22.9 Å². The fraction of sp³-hybridized carbons (Fsp3) is 0. The Labute approximate surface area is 134 Å². The van der Waals surface area contributed by atoms with E-state index in [0.29, 0.717) is 21.0 Å². The van der Waals surface area contributed by atoms with Crippen LogP contribution in [0.3, 0.4) is 0 Å². The molecule has 3 aromatic rings. The minimum absolute atomic E-state index is 0.358. The normalized spacial score (nSPS) is 10.2. The highest BCUT2D eigenvalue weighted by molar-refractivity contribution is 7.18. The second kappa shape index (κ2) is 6.46. The molecule has 0 spiro atoms. The summed E-state index contributed by atoms with van der Waals surface area (Å²) in [4.78, 5) is 19.7. The van der Waals surface area contributed by atoms with Crippen LogP contribution in [0.15, 0.2) is 42.9 Å². The summed E-state index contributed by atoms with van der Waals surface area (Å²) < 4.78 is 0. The molecule has 7 nitrogen and oxygen atoms in total. The maximum Gasteiger partial charge on any atom is 0.325 e. The van der Waals surface area contributed by atoms with Crippen LogP contribution in [0.2, 0.25) is 5.15 Å². The number of pyridine rings is 2. The maximum absolute atomic E-state index is 11.9. The number of hydrogen-bond donors (Lipinski definition) is 2. The Morgan fingerprint density at radius 3 is 2.64 bits per heavy atom. The molecule has 110 valence electrons. The van der Waals surface area contributed by atoms with E-state index in [2.05, 4.69) is 30.8 Å². The number of rotatable bonds is 3. The first kappa shape index (κ1) is 14.4. The van der Waals surface area contributed by atoms with Crippen LogP contribution in [0.1, 0.15) is 0 Å². The van der Waals surface area contributed by atoms with Crippen LogP contribution < -0.4 is 10.6 Å². The first-order valence-electron chi connectivity index (χ1n) is 6.14. The smallest absolute Gasteiger partial charge is 0.306 e. The molecule has 0 atom stereocenters. The third-order valence-corrected chi connectivity index (χ3v) is 3.67. The van der Waals surface area contributed by atoms with Crippen molar-refractivity contribution in [3.63, 3.8) is 0 Å². The van der Waals surface area contributed by atoms with Crippen molar-refractivity contribution < 1.29 is 4.79 Å². The lowest BCUT2D eigenvalue weighted by atomic mass is 10.3. The number of aromatic nitrogens is 4. The number of nitrogens with zero attached hydrogens (tertiary/aromatic N) is 4. The Morgan fingerprint density at radius 1 is 1.09 bits per heavy atom. The molecule has 3 aromatic heterocycles. The van der Waals surface area contributed by atoms with E-state index in [1.165, 1.54) is 17.5 Å². The van der Waals surface area contributed by atoms with Gasteiger partial charge in [0.25, 0.3) is 0 Å². The molecule has 0 aromatic carbocycles. The summed E-state index contributed by atoms with van der Waals surface area (Å²) >= 11 is 6.95. The highest BCUT2D eigenvalue weighted by Gasteiger charge is 2.09. The number of anilines is 2. The topological polar surface area (TPSA) is 92.7 Å². The van der Waals surface area contributed by atoms with Crippen LogP contribution in [0.4, 0.5) is 15.6 Å². The minimum Gasteiger partial charge on any atom is -0.306 e. The summed E-state index contributed by atoms with van der Waals surface area (Å²) in [5, 5.41) is 14.6. The summed E-state index contributed by atoms with van der Waals surface area (Å²) in [6, 6.07) is 6.45. The van der Waals surface area contributed by atoms with Gasteiger partial charge in [-0.3, -0.25) is 10.3 Å². The largest absolute Gasteiger partial charge is 0.325 e. The fourth-order valence-corrected chi connectivity index (χ4v) is 2.45. The van der Waals surface area contributed by atoms with Crippen molar-refractivity contribution >= 4 is 39.8 Å². The quantitative estimate of drug-likeness (QED) is 0.718. The fourth-order valence-electron chi connectivity index (χ4n) is 1.59. The van der Waals surface area contributed by atoms with Gasteiger partial charge >= 0.3 is 6.03 Å². The Balaban J connectivity index is 1.65. The first-order chi connectivity index (χ1) is 10.7. The lowest BCUT2D eigenvalue weighted by Crippen LogP contribution is -2.19. The zero-order chi connectivity index (χ0) is 15.4. The standard InChI is InChI=1S/C13H9ClN6OS/c14-10-2-1-9(7-16-10)17-12(21)18-13-20-19-11(22-13)8-3-5-15-6-4-8/h1-7H,(H2,17,18,20,21). The van der Waals surface area contributed by atoms with Gasteiger partial charge in [0.05, 0.1) is 11.9 Å². The van der Waals surface area contributed by atoms with Gasteiger partial charge < -0.3 is 5.32 Å². The Hall–Kier alpha value is -2.58. The molecule has 2 N–H and O–H groups in total. The SMILES string of the molecule is O=C(Nc1ccc(Cl)nc1)Nc1nnc(-c2ccncc2)s1. The zero-order valence-corrected chi connectivity index (χ0v) is 12.6. The summed E-state index contributed by atoms with van der Waals surface area (Å²) in [6.07, 6.45) is 4.80. The van der Waals surface area contributed by atoms with Crippen LogP contribution in [-0.2, 0) is 0 Å². The van der Waals surface area contributed by atoms with Gasteiger partial charge in [0.1, 0.15) is 10.2 Å². The predicted octanol–water partition coefficient (Wildman–Crippen LogP) is 3.29. The van der Waals surface area contributed by atoms with Gasteiger partial charge in [0.15, 0.2) is 0 Å². The Kier molecular flexibility index (Phi) is 4.22. The highest BCUT2D eigenvalue weighted by Crippen LogP contribution is 2.25. The van der Waals surface area contributed by atoms with E-state index in [-0.39, 0.29) is 0 Å². The molecular weight excluding hydrogens is 324 g/mol. The van der Waals surface area contributed by atoms with E-state index < -0.39 is 6.03 Å². The van der Waals surface area contributed by atoms with Gasteiger partial charge in [-0.15, -0.1) is 10.2 Å². The van der Waals surface area contributed by atoms with Crippen LogP contribution in [0.25, 0.3) is 10.6 Å². The molecule has 0 bridgehead atoms. The third kappa shape index (κ3) is 3.54. The summed E-state index contributed by atoms with van der Waals surface area (Å²) in [5.74, 6) is 0. The average molecular weight is 333 g/mol. The molecule has 0 unspecified atom stereocenters. The van der Waals surface area contributed by atoms with Crippen molar-refractivity contribution in [2.45, 2.75) is 0 Å². The summed E-state index contributed by atoms with van der Waals surface area (Å²) in [6.45, 7) is 0. The van der Waals surface area contributed by atoms with Crippen LogP contribution in [0, 0.1) is 0 Å². The van der Waals surface area contributed by atoms with E-state index >= 15 is 0 Å². The summed E-state index contributed by atoms with van der Waals surface area (Å²) in [5.41, 5.74) is 1.42. The number of nitrogens with one attached hydrogen (secondary N) is 2. The van der Waals surface area contributed by atoms with Crippen molar-refractivity contribution in [1.29, 1.82) is 0 Å². The van der Waals surface area contributed by atoms with Crippen molar-refractivity contribution in [1.82, 2.24) is 20.2 Å². The van der Waals surface area contributed by atoms with Crippen LogP contribution in [0.5, 0.6) is 0 Å². The molecule has 0 aliphatic heterocycles. The Bertz CT molecular complexity index is 777. The number of hydrogen-bond acceptors (Lipinski definition) is 6. The molecule has 0 fully saturated rings. The molecule has 0 saturated heterocycles. The van der Waals surface area contributed by atoms with Crippen LogP contribution in [-0.4, -0.2) is 26.2 Å².